The van der Waals surface area contributed by atoms with Crippen LogP contribution in [0.3, 0.4) is 0 Å². The normalized spacial score (nSPS) is 24.5. The smallest absolute Gasteiger partial charge is 0.310 e. The second kappa shape index (κ2) is 11.5. The number of benzene rings is 2. The highest BCUT2D eigenvalue weighted by atomic mass is 28.4. The van der Waals surface area contributed by atoms with Crippen LogP contribution in [0.25, 0.3) is 0 Å². The third-order valence-electron chi connectivity index (χ3n) is 9.87. The zero-order valence-electron chi connectivity index (χ0n) is 27.3. The van der Waals surface area contributed by atoms with Gasteiger partial charge in [-0.3, -0.25) is 24.3 Å². The van der Waals surface area contributed by atoms with E-state index >= 15 is 0 Å². The number of ether oxygens (including phenoxy) is 5. The van der Waals surface area contributed by atoms with Gasteiger partial charge in [0.2, 0.25) is 12.7 Å². The van der Waals surface area contributed by atoms with Crippen LogP contribution in [0.15, 0.2) is 41.9 Å². The molecule has 0 N–H and O–H groups in total. The fraction of sp³-hybridized carbons (Fsp3) is 0.471. The molecule has 1 aliphatic carbocycles. The Morgan fingerprint density at radius 3 is 2.22 bits per heavy atom. The molecule has 0 saturated carbocycles. The number of likely N-dealkylation sites (tertiary alicyclic amines) is 1. The molecule has 3 aliphatic heterocycles. The number of hydrogen-bond donors (Lipinski definition) is 0. The highest BCUT2D eigenvalue weighted by molar-refractivity contribution is 6.74. The van der Waals surface area contributed by atoms with Gasteiger partial charge in [-0.05, 0) is 59.1 Å². The van der Waals surface area contributed by atoms with Crippen molar-refractivity contribution in [3.8, 4) is 28.7 Å². The summed E-state index contributed by atoms with van der Waals surface area (Å²) in [6.07, 6.45) is 1.38. The summed E-state index contributed by atoms with van der Waals surface area (Å²) in [4.78, 5) is 45.5. The molecule has 2 aromatic rings. The van der Waals surface area contributed by atoms with Crippen LogP contribution in [0.1, 0.15) is 55.8 Å². The number of esters is 1. The number of amides is 2. The van der Waals surface area contributed by atoms with Gasteiger partial charge in [-0.15, -0.1) is 6.58 Å². The number of rotatable bonds is 8. The standard InChI is InChI=1S/C34H40N2O9Si/c1-9-10-36-27(37)15-22(32(36)38)35-30-20-14-24-23(43-17-44-24)13-19(20)28(29-21(30)16-42-33(29)39)18-11-25(40-5)31(26(12-18)41-6)45-46(7,8)34(2,3)4/h9,11-14,21,28-30H,1,10,15-17H2,2-8H3/t21-,28+,29-,30+/m0/s1. The number of imide groups is 1. The van der Waals surface area contributed by atoms with E-state index in [1.54, 1.807) is 14.2 Å². The number of cyclic esters (lactones) is 1. The lowest BCUT2D eigenvalue weighted by molar-refractivity contribution is -0.141. The van der Waals surface area contributed by atoms with E-state index in [-0.39, 0.29) is 49.0 Å². The van der Waals surface area contributed by atoms with Crippen LogP contribution >= 0.6 is 0 Å². The van der Waals surface area contributed by atoms with E-state index in [4.69, 9.17) is 33.1 Å². The van der Waals surface area contributed by atoms with Crippen molar-refractivity contribution in [3.05, 3.63) is 53.6 Å². The average Bonchev–Trinajstić information content (AvgIpc) is 3.69. The summed E-state index contributed by atoms with van der Waals surface area (Å²) in [5.41, 5.74) is 2.46. The van der Waals surface area contributed by atoms with E-state index in [1.165, 1.54) is 6.08 Å². The van der Waals surface area contributed by atoms with E-state index in [0.717, 1.165) is 21.6 Å². The van der Waals surface area contributed by atoms with Crippen molar-refractivity contribution in [1.82, 2.24) is 4.90 Å². The van der Waals surface area contributed by atoms with Crippen LogP contribution in [0.4, 0.5) is 0 Å². The van der Waals surface area contributed by atoms with E-state index in [2.05, 4.69) is 40.4 Å². The lowest BCUT2D eigenvalue weighted by Crippen LogP contribution is -2.44. The number of carbonyl (C=O) groups excluding carboxylic acids is 3. The van der Waals surface area contributed by atoms with Gasteiger partial charge in [-0.25, -0.2) is 0 Å². The van der Waals surface area contributed by atoms with Gasteiger partial charge in [0.1, 0.15) is 5.71 Å². The summed E-state index contributed by atoms with van der Waals surface area (Å²) in [5.74, 6) is -0.147. The number of carbonyl (C=O) groups is 3. The van der Waals surface area contributed by atoms with Crippen LogP contribution in [-0.2, 0) is 19.1 Å². The van der Waals surface area contributed by atoms with E-state index in [9.17, 15) is 14.4 Å². The Bertz CT molecular complexity index is 1640. The largest absolute Gasteiger partial charge is 0.539 e. The lowest BCUT2D eigenvalue weighted by atomic mass is 9.65. The first kappa shape index (κ1) is 31.7. The van der Waals surface area contributed by atoms with Gasteiger partial charge in [0.05, 0.1) is 39.2 Å². The Morgan fingerprint density at radius 1 is 1.00 bits per heavy atom. The fourth-order valence-corrected chi connectivity index (χ4v) is 7.47. The van der Waals surface area contributed by atoms with E-state index in [1.807, 2.05) is 24.3 Å². The molecule has 2 fully saturated rings. The Morgan fingerprint density at radius 2 is 1.63 bits per heavy atom. The molecule has 2 amide bonds. The second-order valence-corrected chi connectivity index (χ2v) is 18.3. The molecular weight excluding hydrogens is 608 g/mol. The minimum atomic E-state index is -2.29. The molecule has 4 aliphatic rings. The molecule has 0 unspecified atom stereocenters. The van der Waals surface area contributed by atoms with Crippen molar-refractivity contribution in [2.45, 2.75) is 57.3 Å². The van der Waals surface area contributed by atoms with Gasteiger partial charge in [0, 0.05) is 18.4 Å². The second-order valence-electron chi connectivity index (χ2n) is 13.5. The van der Waals surface area contributed by atoms with Crippen LogP contribution in [0.2, 0.25) is 18.1 Å². The molecule has 6 rings (SSSR count). The summed E-state index contributed by atoms with van der Waals surface area (Å²) < 4.78 is 35.7. The predicted octanol–water partition coefficient (Wildman–Crippen LogP) is 5.18. The molecule has 2 saturated heterocycles. The van der Waals surface area contributed by atoms with Crippen molar-refractivity contribution in [1.29, 1.82) is 0 Å². The molecule has 244 valence electrons. The fourth-order valence-electron chi connectivity index (χ4n) is 6.45. The quantitative estimate of drug-likeness (QED) is 0.165. The molecule has 0 spiro atoms. The number of aliphatic imine (C=N–C) groups is 1. The SMILES string of the molecule is C=CCN1C(=O)CC(=N[C@@H]2c3cc4c(cc3[C@@H](c3cc(OC)c(O[Si](C)(C)C(C)(C)C)c(OC)c3)[C@H]3C(=O)OC[C@@H]32)OCO4)C1=O. The summed E-state index contributed by atoms with van der Waals surface area (Å²) >= 11 is 0. The van der Waals surface area contributed by atoms with Crippen LogP contribution in [0, 0.1) is 11.8 Å². The maximum absolute atomic E-state index is 13.6. The lowest BCUT2D eigenvalue weighted by Gasteiger charge is -2.39. The van der Waals surface area contributed by atoms with Crippen molar-refractivity contribution in [2.24, 2.45) is 16.8 Å². The van der Waals surface area contributed by atoms with Gasteiger partial charge in [-0.1, -0.05) is 26.8 Å². The zero-order chi connectivity index (χ0) is 33.1. The Balaban J connectivity index is 1.52. The minimum Gasteiger partial charge on any atom is -0.539 e. The first-order valence-corrected chi connectivity index (χ1v) is 18.3. The molecule has 4 atom stereocenters. The number of methoxy groups -OCH3 is 2. The van der Waals surface area contributed by atoms with Crippen LogP contribution < -0.4 is 23.4 Å². The first-order valence-electron chi connectivity index (χ1n) is 15.4. The van der Waals surface area contributed by atoms with Gasteiger partial charge in [-0.2, -0.15) is 0 Å². The molecule has 12 heteroatoms. The molecule has 46 heavy (non-hydrogen) atoms. The zero-order valence-corrected chi connectivity index (χ0v) is 28.3. The van der Waals surface area contributed by atoms with Gasteiger partial charge < -0.3 is 28.1 Å². The molecule has 0 radical (unpaired) electrons. The van der Waals surface area contributed by atoms with Gasteiger partial charge in [0.25, 0.3) is 14.2 Å². The van der Waals surface area contributed by atoms with Crippen molar-refractivity contribution < 1.29 is 42.5 Å². The summed E-state index contributed by atoms with van der Waals surface area (Å²) in [5, 5.41) is -0.0716. The third-order valence-corrected chi connectivity index (χ3v) is 14.2. The van der Waals surface area contributed by atoms with Crippen molar-refractivity contribution >= 4 is 31.8 Å². The minimum absolute atomic E-state index is 0.0572. The van der Waals surface area contributed by atoms with Crippen molar-refractivity contribution in [2.75, 3.05) is 34.2 Å². The molecule has 3 heterocycles. The predicted molar refractivity (Wildman–Crippen MR) is 171 cm³/mol. The number of hydrogen-bond acceptors (Lipinski definition) is 10. The average molecular weight is 649 g/mol. The van der Waals surface area contributed by atoms with Crippen molar-refractivity contribution in [3.63, 3.8) is 0 Å². The monoisotopic (exact) mass is 648 g/mol. The first-order chi connectivity index (χ1) is 21.8. The molecular formula is C34H40N2O9Si. The number of fused-ring (bicyclic) bond motifs is 3. The molecule has 0 aromatic heterocycles. The van der Waals surface area contributed by atoms with Gasteiger partial charge in [0.15, 0.2) is 28.7 Å². The highest BCUT2D eigenvalue weighted by Gasteiger charge is 2.53. The summed E-state index contributed by atoms with van der Waals surface area (Å²) in [6, 6.07) is 6.89. The topological polar surface area (TPSA) is 122 Å². The summed E-state index contributed by atoms with van der Waals surface area (Å²) in [6.45, 7) is 14.7. The van der Waals surface area contributed by atoms with Crippen LogP contribution in [-0.4, -0.2) is 70.9 Å². The molecule has 0 bridgehead atoms. The van der Waals surface area contributed by atoms with Crippen LogP contribution in [0.5, 0.6) is 28.7 Å². The highest BCUT2D eigenvalue weighted by Crippen LogP contribution is 2.57. The third kappa shape index (κ3) is 5.12. The molecule has 11 nitrogen and oxygen atoms in total. The van der Waals surface area contributed by atoms with Gasteiger partial charge >= 0.3 is 5.97 Å². The van der Waals surface area contributed by atoms with E-state index in [0.29, 0.717) is 28.7 Å². The molecule has 2 aromatic carbocycles. The number of nitrogens with zero attached hydrogens (tertiary/aromatic N) is 2. The summed E-state index contributed by atoms with van der Waals surface area (Å²) in [7, 11) is 0.876. The maximum atomic E-state index is 13.6. The Hall–Kier alpha value is -4.32. The maximum Gasteiger partial charge on any atom is 0.310 e. The Kier molecular flexibility index (Phi) is 7.90. The van der Waals surface area contributed by atoms with E-state index < -0.39 is 38.0 Å². The Labute approximate surface area is 269 Å².